The van der Waals surface area contributed by atoms with Gasteiger partial charge in [0.15, 0.2) is 11.6 Å². The number of halogens is 3. The van der Waals surface area contributed by atoms with Gasteiger partial charge in [-0.25, -0.2) is 4.98 Å². The molecule has 3 unspecified atom stereocenters. The number of anilines is 1. The van der Waals surface area contributed by atoms with Crippen LogP contribution in [0, 0.1) is 11.8 Å². The summed E-state index contributed by atoms with van der Waals surface area (Å²) in [5.74, 6) is 0.884. The van der Waals surface area contributed by atoms with Crippen molar-refractivity contribution < 1.29 is 22.6 Å². The van der Waals surface area contributed by atoms with E-state index in [-0.39, 0.29) is 18.0 Å². The van der Waals surface area contributed by atoms with Gasteiger partial charge in [0.25, 0.3) is 0 Å². The number of ether oxygens (including phenoxy) is 2. The molecule has 5 atom stereocenters. The van der Waals surface area contributed by atoms with Gasteiger partial charge in [0.1, 0.15) is 0 Å². The van der Waals surface area contributed by atoms with E-state index in [1.807, 2.05) is 10.7 Å². The van der Waals surface area contributed by atoms with Gasteiger partial charge in [-0.15, -0.1) is 13.2 Å². The lowest BCUT2D eigenvalue weighted by Crippen LogP contribution is -2.46. The van der Waals surface area contributed by atoms with Gasteiger partial charge in [0.2, 0.25) is 0 Å². The molecular weight excluding hydrogens is 435 g/mol. The van der Waals surface area contributed by atoms with Crippen LogP contribution in [0.15, 0.2) is 18.3 Å². The summed E-state index contributed by atoms with van der Waals surface area (Å²) in [5.41, 5.74) is 7.78. The average molecular weight is 466 g/mol. The normalized spacial score (nSPS) is 30.0. The number of rotatable bonds is 5. The van der Waals surface area contributed by atoms with Crippen LogP contribution in [0.25, 0.3) is 11.3 Å². The van der Waals surface area contributed by atoms with E-state index in [4.69, 9.17) is 15.6 Å². The second-order valence-electron chi connectivity index (χ2n) is 9.80. The minimum Gasteiger partial charge on any atom is -0.402 e. The predicted octanol–water partition coefficient (Wildman–Crippen LogP) is 4.22. The zero-order chi connectivity index (χ0) is 23.5. The lowest BCUT2D eigenvalue weighted by Gasteiger charge is -2.36. The molecule has 5 rings (SSSR count). The van der Waals surface area contributed by atoms with Crippen LogP contribution in [0.5, 0.6) is 5.75 Å². The summed E-state index contributed by atoms with van der Waals surface area (Å²) in [4.78, 5) is 6.47. The van der Waals surface area contributed by atoms with Crippen molar-refractivity contribution in [1.29, 1.82) is 0 Å². The summed E-state index contributed by atoms with van der Waals surface area (Å²) in [6.45, 7) is 9.06. The first-order valence-corrected chi connectivity index (χ1v) is 11.6. The van der Waals surface area contributed by atoms with Gasteiger partial charge in [-0.2, -0.15) is 5.10 Å². The molecule has 3 heterocycles. The molecule has 2 saturated carbocycles. The molecule has 180 valence electrons. The van der Waals surface area contributed by atoms with Crippen molar-refractivity contribution >= 4 is 5.82 Å². The van der Waals surface area contributed by atoms with E-state index >= 15 is 0 Å². The van der Waals surface area contributed by atoms with E-state index in [9.17, 15) is 13.2 Å². The third-order valence-corrected chi connectivity index (χ3v) is 7.21. The first-order valence-electron chi connectivity index (χ1n) is 11.6. The van der Waals surface area contributed by atoms with Gasteiger partial charge >= 0.3 is 6.36 Å². The second-order valence-corrected chi connectivity index (χ2v) is 9.80. The van der Waals surface area contributed by atoms with E-state index in [1.165, 1.54) is 25.1 Å². The Balaban J connectivity index is 1.35. The zero-order valence-corrected chi connectivity index (χ0v) is 19.0. The molecular formula is C23H30F3N5O2. The maximum Gasteiger partial charge on any atom is 0.573 e. The lowest BCUT2D eigenvalue weighted by molar-refractivity contribution is -0.274. The summed E-state index contributed by atoms with van der Waals surface area (Å²) in [6.07, 6.45) is -0.756. The molecule has 33 heavy (non-hydrogen) atoms. The van der Waals surface area contributed by atoms with Crippen molar-refractivity contribution in [3.8, 4) is 17.0 Å². The summed E-state index contributed by atoms with van der Waals surface area (Å²) in [6, 6.07) is 4.01. The quantitative estimate of drug-likeness (QED) is 0.713. The maximum atomic E-state index is 12.7. The fraction of sp³-hybridized carbons (Fsp3) is 0.652. The number of fused-ring (bicyclic) bond motifs is 1. The average Bonchev–Trinajstić information content (AvgIpc) is 3.09. The SMILES string of the molecule is CC1CN(C2C[C@@H]3C(c4cc(-c5cnc(N)c(OC(F)(F)F)c5)nn4C(C)C)[C@@H]3C2)CCO1. The third-order valence-electron chi connectivity index (χ3n) is 7.21. The maximum absolute atomic E-state index is 12.7. The van der Waals surface area contributed by atoms with Crippen molar-refractivity contribution in [2.75, 3.05) is 25.4 Å². The van der Waals surface area contributed by atoms with Crippen LogP contribution in [0.4, 0.5) is 19.0 Å². The molecule has 1 saturated heterocycles. The minimum atomic E-state index is -4.84. The molecule has 3 fully saturated rings. The molecule has 1 aliphatic heterocycles. The second kappa shape index (κ2) is 8.16. The molecule has 2 N–H and O–H groups in total. The Morgan fingerprint density at radius 1 is 1.21 bits per heavy atom. The fourth-order valence-corrected chi connectivity index (χ4v) is 5.74. The van der Waals surface area contributed by atoms with Crippen molar-refractivity contribution in [1.82, 2.24) is 19.7 Å². The number of alkyl halides is 3. The summed E-state index contributed by atoms with van der Waals surface area (Å²) in [5, 5.41) is 4.73. The Morgan fingerprint density at radius 3 is 2.58 bits per heavy atom. The Morgan fingerprint density at radius 2 is 1.94 bits per heavy atom. The molecule has 10 heteroatoms. The summed E-state index contributed by atoms with van der Waals surface area (Å²) < 4.78 is 49.9. The van der Waals surface area contributed by atoms with Gasteiger partial charge in [-0.3, -0.25) is 9.58 Å². The smallest absolute Gasteiger partial charge is 0.402 e. The summed E-state index contributed by atoms with van der Waals surface area (Å²) in [7, 11) is 0. The topological polar surface area (TPSA) is 78.4 Å². The van der Waals surface area contributed by atoms with Crippen molar-refractivity contribution in [2.24, 2.45) is 11.8 Å². The Kier molecular flexibility index (Phi) is 5.55. The molecule has 7 nitrogen and oxygen atoms in total. The third kappa shape index (κ3) is 4.42. The Hall–Kier alpha value is -2.33. The fourth-order valence-electron chi connectivity index (χ4n) is 5.74. The molecule has 3 aliphatic rings. The van der Waals surface area contributed by atoms with E-state index < -0.39 is 12.1 Å². The highest BCUT2D eigenvalue weighted by molar-refractivity contribution is 5.64. The minimum absolute atomic E-state index is 0.138. The number of morpholine rings is 1. The lowest BCUT2D eigenvalue weighted by atomic mass is 10.0. The molecule has 0 bridgehead atoms. The van der Waals surface area contributed by atoms with Crippen LogP contribution in [0.3, 0.4) is 0 Å². The standard InChI is InChI=1S/C23H30F3N5O2/c1-12(2)31-19(21-16-7-15(8-17(16)21)30-4-5-32-13(3)11-30)9-18(29-31)14-6-20(22(27)28-10-14)33-23(24,25)26/h6,9-10,12-13,15-17,21H,4-5,7-8,11H2,1-3H3,(H2,27,28)/t13?,15?,16-,17+,21?. The van der Waals surface area contributed by atoms with Crippen LogP contribution >= 0.6 is 0 Å². The molecule has 0 aromatic carbocycles. The van der Waals surface area contributed by atoms with Crippen molar-refractivity contribution in [3.63, 3.8) is 0 Å². The number of hydrogen-bond donors (Lipinski definition) is 1. The molecule has 0 radical (unpaired) electrons. The molecule has 0 spiro atoms. The number of nitrogens with two attached hydrogens (primary N) is 1. The molecule has 2 aromatic heterocycles. The molecule has 2 aliphatic carbocycles. The predicted molar refractivity (Wildman–Crippen MR) is 117 cm³/mol. The number of nitrogen functional groups attached to an aromatic ring is 1. The monoisotopic (exact) mass is 465 g/mol. The van der Waals surface area contributed by atoms with Gasteiger partial charge in [0.05, 0.1) is 18.4 Å². The van der Waals surface area contributed by atoms with Crippen LogP contribution < -0.4 is 10.5 Å². The number of nitrogens with zero attached hydrogens (tertiary/aromatic N) is 4. The number of pyridine rings is 1. The van der Waals surface area contributed by atoms with E-state index in [0.29, 0.717) is 35.1 Å². The van der Waals surface area contributed by atoms with Crippen LogP contribution in [0.1, 0.15) is 51.3 Å². The molecule has 2 aromatic rings. The largest absolute Gasteiger partial charge is 0.573 e. The van der Waals surface area contributed by atoms with E-state index in [1.54, 1.807) is 0 Å². The van der Waals surface area contributed by atoms with Gasteiger partial charge in [0, 0.05) is 48.5 Å². The Labute approximate surface area is 191 Å². The number of hydrogen-bond acceptors (Lipinski definition) is 6. The van der Waals surface area contributed by atoms with Gasteiger partial charge < -0.3 is 15.2 Å². The van der Waals surface area contributed by atoms with E-state index in [2.05, 4.69) is 35.4 Å². The van der Waals surface area contributed by atoms with E-state index in [0.717, 1.165) is 25.4 Å². The van der Waals surface area contributed by atoms with Crippen LogP contribution in [-0.4, -0.2) is 57.9 Å². The van der Waals surface area contributed by atoms with Crippen LogP contribution in [0.2, 0.25) is 0 Å². The highest BCUT2D eigenvalue weighted by atomic mass is 19.4. The van der Waals surface area contributed by atoms with Crippen molar-refractivity contribution in [3.05, 3.63) is 24.0 Å². The number of aromatic nitrogens is 3. The first kappa shape index (κ1) is 22.5. The van der Waals surface area contributed by atoms with Crippen LogP contribution in [-0.2, 0) is 4.74 Å². The first-order chi connectivity index (χ1) is 15.6. The van der Waals surface area contributed by atoms with Gasteiger partial charge in [-0.05, 0) is 57.6 Å². The molecule has 0 amide bonds. The zero-order valence-electron chi connectivity index (χ0n) is 19.0. The van der Waals surface area contributed by atoms with Gasteiger partial charge in [-0.1, -0.05) is 0 Å². The summed E-state index contributed by atoms with van der Waals surface area (Å²) >= 11 is 0. The highest BCUT2D eigenvalue weighted by Gasteiger charge is 2.58. The Bertz CT molecular complexity index is 1010. The van der Waals surface area contributed by atoms with Crippen molar-refractivity contribution in [2.45, 2.75) is 64.1 Å². The highest BCUT2D eigenvalue weighted by Crippen LogP contribution is 2.64.